The van der Waals surface area contributed by atoms with E-state index in [-0.39, 0.29) is 5.56 Å². The van der Waals surface area contributed by atoms with Gasteiger partial charge in [-0.15, -0.1) is 0 Å². The second-order valence-electron chi connectivity index (χ2n) is 4.05. The van der Waals surface area contributed by atoms with Crippen LogP contribution >= 0.6 is 0 Å². The van der Waals surface area contributed by atoms with Gasteiger partial charge in [0.05, 0.1) is 24.1 Å². The Morgan fingerprint density at radius 3 is 2.67 bits per heavy atom. The van der Waals surface area contributed by atoms with Gasteiger partial charge >= 0.3 is 0 Å². The van der Waals surface area contributed by atoms with Gasteiger partial charge < -0.3 is 14.8 Å². The first-order chi connectivity index (χ1) is 10.2. The number of hydrogen-bond acceptors (Lipinski definition) is 5. The van der Waals surface area contributed by atoms with E-state index in [2.05, 4.69) is 15.3 Å². The molecule has 0 spiro atoms. The van der Waals surface area contributed by atoms with Crippen molar-refractivity contribution in [3.63, 3.8) is 0 Å². The maximum atomic E-state index is 12.7. The van der Waals surface area contributed by atoms with E-state index in [1.807, 2.05) is 0 Å². The average Bonchev–Trinajstić information content (AvgIpc) is 2.50. The van der Waals surface area contributed by atoms with Gasteiger partial charge in [-0.05, 0) is 18.2 Å². The Morgan fingerprint density at radius 2 is 2.05 bits per heavy atom. The zero-order valence-corrected chi connectivity index (χ0v) is 11.4. The molecule has 0 radical (unpaired) electrons. The summed E-state index contributed by atoms with van der Waals surface area (Å²) >= 11 is 0. The number of nitrogens with one attached hydrogen (secondary N) is 1. The van der Waals surface area contributed by atoms with Gasteiger partial charge in [0.15, 0.2) is 0 Å². The van der Waals surface area contributed by atoms with E-state index >= 15 is 0 Å². The molecule has 21 heavy (non-hydrogen) atoms. The number of rotatable bonds is 6. The zero-order chi connectivity index (χ0) is 15.1. The molecule has 1 N–H and O–H groups in total. The fourth-order valence-electron chi connectivity index (χ4n) is 1.48. The third-order valence-corrected chi connectivity index (χ3v) is 2.52. The molecule has 0 bridgehead atoms. The summed E-state index contributed by atoms with van der Waals surface area (Å²) in [5, 5.41) is 2.63. The van der Waals surface area contributed by atoms with Crippen molar-refractivity contribution in [2.24, 2.45) is 0 Å². The van der Waals surface area contributed by atoms with Crippen LogP contribution in [0.4, 0.5) is 10.1 Å². The van der Waals surface area contributed by atoms with Gasteiger partial charge in [0.2, 0.25) is 11.8 Å². The third kappa shape index (κ3) is 4.50. The molecule has 2 rings (SSSR count). The van der Waals surface area contributed by atoms with Crippen molar-refractivity contribution < 1.29 is 18.7 Å². The third-order valence-electron chi connectivity index (χ3n) is 2.52. The molecule has 110 valence electrons. The number of amides is 1. The van der Waals surface area contributed by atoms with Crippen LogP contribution in [0.1, 0.15) is 10.4 Å². The lowest BCUT2D eigenvalue weighted by Gasteiger charge is -2.07. The predicted octanol–water partition coefficient (Wildman–Crippen LogP) is 1.89. The van der Waals surface area contributed by atoms with Crippen molar-refractivity contribution in [1.82, 2.24) is 9.97 Å². The molecule has 0 atom stereocenters. The highest BCUT2D eigenvalue weighted by Gasteiger charge is 2.07. The van der Waals surface area contributed by atoms with E-state index in [1.54, 1.807) is 19.2 Å². The Morgan fingerprint density at radius 1 is 1.19 bits per heavy atom. The largest absolute Gasteiger partial charge is 0.475 e. The number of carbonyl (C=O) groups excluding carboxylic acids is 1. The molecule has 0 saturated carbocycles. The molecule has 6 nitrogen and oxygen atoms in total. The van der Waals surface area contributed by atoms with Crippen LogP contribution in [-0.4, -0.2) is 36.2 Å². The van der Waals surface area contributed by atoms with Crippen LogP contribution in [0.25, 0.3) is 0 Å². The monoisotopic (exact) mass is 291 g/mol. The van der Waals surface area contributed by atoms with Gasteiger partial charge in [-0.2, -0.15) is 4.39 Å². The smallest absolute Gasteiger partial charge is 0.257 e. The first kappa shape index (κ1) is 14.9. The molecule has 0 aliphatic heterocycles. The number of methoxy groups -OCH3 is 1. The Labute approximate surface area is 120 Å². The number of carbonyl (C=O) groups is 1. The fraction of sp³-hybridized carbons (Fsp3) is 0.214. The van der Waals surface area contributed by atoms with Crippen molar-refractivity contribution in [1.29, 1.82) is 0 Å². The Balaban J connectivity index is 1.93. The Kier molecular flexibility index (Phi) is 5.16. The summed E-state index contributed by atoms with van der Waals surface area (Å²) in [4.78, 5) is 19.3. The van der Waals surface area contributed by atoms with Crippen molar-refractivity contribution in [3.05, 3.63) is 48.2 Å². The van der Waals surface area contributed by atoms with Crippen molar-refractivity contribution in [2.75, 3.05) is 25.6 Å². The number of hydrogen-bond donors (Lipinski definition) is 1. The maximum Gasteiger partial charge on any atom is 0.257 e. The molecule has 0 saturated heterocycles. The standard InChI is InChI=1S/C14H14FN3O3/c1-20-6-7-21-13-5-3-11(9-17-13)18-14(19)10-2-4-12(15)16-8-10/h2-5,8-9H,6-7H2,1H3,(H,18,19). The SMILES string of the molecule is COCCOc1ccc(NC(=O)c2ccc(F)nc2)cn1. The summed E-state index contributed by atoms with van der Waals surface area (Å²) in [6, 6.07) is 5.77. The summed E-state index contributed by atoms with van der Waals surface area (Å²) in [5.74, 6) is -0.586. The molecule has 2 heterocycles. The van der Waals surface area contributed by atoms with Crippen molar-refractivity contribution >= 4 is 11.6 Å². The summed E-state index contributed by atoms with van der Waals surface area (Å²) in [6.45, 7) is 0.869. The van der Waals surface area contributed by atoms with Gasteiger partial charge in [-0.25, -0.2) is 9.97 Å². The van der Waals surface area contributed by atoms with Crippen LogP contribution in [-0.2, 0) is 4.74 Å². The quantitative estimate of drug-likeness (QED) is 0.650. The normalized spacial score (nSPS) is 10.2. The highest BCUT2D eigenvalue weighted by molar-refractivity contribution is 6.03. The van der Waals surface area contributed by atoms with Crippen molar-refractivity contribution in [3.8, 4) is 5.88 Å². The van der Waals surface area contributed by atoms with Crippen LogP contribution in [0.3, 0.4) is 0 Å². The minimum atomic E-state index is -0.634. The molecule has 2 aromatic heterocycles. The number of nitrogens with zero attached hydrogens (tertiary/aromatic N) is 2. The van der Waals surface area contributed by atoms with Gasteiger partial charge in [0, 0.05) is 19.4 Å². The first-order valence-electron chi connectivity index (χ1n) is 6.20. The summed E-state index contributed by atoms with van der Waals surface area (Å²) in [7, 11) is 1.58. The molecule has 7 heteroatoms. The van der Waals surface area contributed by atoms with E-state index < -0.39 is 11.9 Å². The molecule has 1 amide bonds. The molecule has 0 aromatic carbocycles. The number of halogens is 1. The molecule has 0 aliphatic rings. The second-order valence-corrected chi connectivity index (χ2v) is 4.05. The fourth-order valence-corrected chi connectivity index (χ4v) is 1.48. The maximum absolute atomic E-state index is 12.7. The van der Waals surface area contributed by atoms with E-state index in [0.717, 1.165) is 6.07 Å². The highest BCUT2D eigenvalue weighted by Crippen LogP contribution is 2.12. The second kappa shape index (κ2) is 7.30. The Hall–Kier alpha value is -2.54. The van der Waals surface area contributed by atoms with Crippen LogP contribution in [0, 0.1) is 5.95 Å². The van der Waals surface area contributed by atoms with Gasteiger partial charge in [-0.1, -0.05) is 0 Å². The zero-order valence-electron chi connectivity index (χ0n) is 11.4. The van der Waals surface area contributed by atoms with Crippen LogP contribution in [0.2, 0.25) is 0 Å². The molecule has 0 unspecified atom stereocenters. The lowest BCUT2D eigenvalue weighted by molar-refractivity contribution is 0.102. The molecule has 0 aliphatic carbocycles. The topological polar surface area (TPSA) is 73.3 Å². The predicted molar refractivity (Wildman–Crippen MR) is 73.8 cm³/mol. The summed E-state index contributed by atoms with van der Waals surface area (Å²) in [6.07, 6.45) is 2.64. The van der Waals surface area contributed by atoms with E-state index in [9.17, 15) is 9.18 Å². The number of aromatic nitrogens is 2. The number of ether oxygens (including phenoxy) is 2. The van der Waals surface area contributed by atoms with Gasteiger partial charge in [0.25, 0.3) is 5.91 Å². The van der Waals surface area contributed by atoms with Gasteiger partial charge in [-0.3, -0.25) is 4.79 Å². The molecule has 2 aromatic rings. The lowest BCUT2D eigenvalue weighted by atomic mass is 10.2. The van der Waals surface area contributed by atoms with Crippen LogP contribution in [0.15, 0.2) is 36.7 Å². The van der Waals surface area contributed by atoms with Crippen molar-refractivity contribution in [2.45, 2.75) is 0 Å². The van der Waals surface area contributed by atoms with E-state index in [1.165, 1.54) is 18.5 Å². The molecule has 0 fully saturated rings. The summed E-state index contributed by atoms with van der Waals surface area (Å²) in [5.41, 5.74) is 0.764. The lowest BCUT2D eigenvalue weighted by Crippen LogP contribution is -2.12. The molecular formula is C14H14FN3O3. The minimum absolute atomic E-state index is 0.261. The van der Waals surface area contributed by atoms with E-state index in [0.29, 0.717) is 24.8 Å². The number of pyridine rings is 2. The minimum Gasteiger partial charge on any atom is -0.475 e. The highest BCUT2D eigenvalue weighted by atomic mass is 19.1. The Bertz CT molecular complexity index is 587. The average molecular weight is 291 g/mol. The van der Waals surface area contributed by atoms with Crippen LogP contribution in [0.5, 0.6) is 5.88 Å². The summed E-state index contributed by atoms with van der Waals surface area (Å²) < 4.78 is 22.8. The van der Waals surface area contributed by atoms with E-state index in [4.69, 9.17) is 9.47 Å². The molecular weight excluding hydrogens is 277 g/mol. The van der Waals surface area contributed by atoms with Crippen LogP contribution < -0.4 is 10.1 Å². The number of anilines is 1. The first-order valence-corrected chi connectivity index (χ1v) is 6.20. The van der Waals surface area contributed by atoms with Gasteiger partial charge in [0.1, 0.15) is 6.61 Å².